The summed E-state index contributed by atoms with van der Waals surface area (Å²) in [5.74, 6) is -0.926. The van der Waals surface area contributed by atoms with Gasteiger partial charge in [-0.2, -0.15) is 13.2 Å². The second-order valence-corrected chi connectivity index (χ2v) is 6.88. The molecule has 0 bridgehead atoms. The summed E-state index contributed by atoms with van der Waals surface area (Å²) in [5.41, 5.74) is 0.204. The van der Waals surface area contributed by atoms with Crippen LogP contribution in [0.2, 0.25) is 0 Å². The molecule has 6 nitrogen and oxygen atoms in total. The normalized spacial score (nSPS) is 19.6. The van der Waals surface area contributed by atoms with Crippen molar-refractivity contribution in [2.45, 2.75) is 37.5 Å². The third-order valence-corrected chi connectivity index (χ3v) is 5.38. The van der Waals surface area contributed by atoms with Crippen LogP contribution in [0.4, 0.5) is 13.2 Å². The molecule has 0 saturated carbocycles. The molecule has 2 aromatic rings. The summed E-state index contributed by atoms with van der Waals surface area (Å²) in [7, 11) is 0. The molecule has 0 spiro atoms. The Kier molecular flexibility index (Phi) is 4.41. The summed E-state index contributed by atoms with van der Waals surface area (Å²) in [6.07, 6.45) is -3.46. The molecular weight excluding hydrogens is 361 g/mol. The van der Waals surface area contributed by atoms with E-state index in [2.05, 4.69) is 10.2 Å². The van der Waals surface area contributed by atoms with E-state index >= 15 is 0 Å². The Morgan fingerprint density at radius 3 is 2.44 bits per heavy atom. The average Bonchev–Trinajstić information content (AvgIpc) is 3.12. The van der Waals surface area contributed by atoms with Gasteiger partial charge in [-0.25, -0.2) is 0 Å². The highest BCUT2D eigenvalue weighted by molar-refractivity contribution is 5.88. The first-order valence-corrected chi connectivity index (χ1v) is 8.84. The summed E-state index contributed by atoms with van der Waals surface area (Å²) in [4.78, 5) is 15.1. The molecule has 0 N–H and O–H groups in total. The first-order chi connectivity index (χ1) is 12.9. The highest BCUT2D eigenvalue weighted by atomic mass is 19.4. The number of halogens is 3. The fraction of sp³-hybridized carbons (Fsp3) is 0.500. The van der Waals surface area contributed by atoms with Crippen LogP contribution >= 0.6 is 0 Å². The Hall–Kier alpha value is -2.42. The third-order valence-electron chi connectivity index (χ3n) is 5.38. The molecule has 0 atom stereocenters. The van der Waals surface area contributed by atoms with Crippen molar-refractivity contribution in [3.8, 4) is 0 Å². The minimum absolute atomic E-state index is 0.0252. The molecule has 144 valence electrons. The van der Waals surface area contributed by atoms with Crippen molar-refractivity contribution in [1.82, 2.24) is 19.7 Å². The molecule has 1 amide bonds. The van der Waals surface area contributed by atoms with E-state index in [1.807, 2.05) is 30.3 Å². The number of hydrogen-bond donors (Lipinski definition) is 0. The van der Waals surface area contributed by atoms with Gasteiger partial charge in [0, 0.05) is 26.3 Å². The zero-order valence-corrected chi connectivity index (χ0v) is 14.6. The number of benzene rings is 1. The Labute approximate surface area is 153 Å². The van der Waals surface area contributed by atoms with Gasteiger partial charge >= 0.3 is 6.18 Å². The number of aromatic nitrogens is 3. The van der Waals surface area contributed by atoms with Crippen molar-refractivity contribution >= 4 is 5.91 Å². The van der Waals surface area contributed by atoms with Gasteiger partial charge in [0.15, 0.2) is 5.82 Å². The van der Waals surface area contributed by atoms with Crippen molar-refractivity contribution in [2.75, 3.05) is 19.8 Å². The largest absolute Gasteiger partial charge is 0.451 e. The lowest BCUT2D eigenvalue weighted by atomic mass is 9.73. The lowest BCUT2D eigenvalue weighted by molar-refractivity contribution is -0.149. The molecule has 0 aliphatic carbocycles. The summed E-state index contributed by atoms with van der Waals surface area (Å²) in [6.45, 7) is 1.20. The van der Waals surface area contributed by atoms with Crippen LogP contribution in [0.5, 0.6) is 0 Å². The van der Waals surface area contributed by atoms with Gasteiger partial charge in [0.2, 0.25) is 11.7 Å². The monoisotopic (exact) mass is 380 g/mol. The molecule has 1 fully saturated rings. The predicted molar refractivity (Wildman–Crippen MR) is 88.6 cm³/mol. The zero-order valence-electron chi connectivity index (χ0n) is 14.6. The van der Waals surface area contributed by atoms with Gasteiger partial charge < -0.3 is 14.2 Å². The molecule has 3 heterocycles. The Balaban J connectivity index is 1.63. The highest BCUT2D eigenvalue weighted by Crippen LogP contribution is 2.38. The van der Waals surface area contributed by atoms with Crippen molar-refractivity contribution in [2.24, 2.45) is 0 Å². The lowest BCUT2D eigenvalue weighted by Crippen LogP contribution is -2.52. The minimum atomic E-state index is -4.55. The number of amides is 1. The number of carbonyl (C=O) groups excluding carboxylic acids is 1. The van der Waals surface area contributed by atoms with Gasteiger partial charge in [-0.05, 0) is 18.4 Å². The maximum atomic E-state index is 13.5. The molecule has 1 aromatic heterocycles. The second-order valence-electron chi connectivity index (χ2n) is 6.88. The van der Waals surface area contributed by atoms with Gasteiger partial charge in [0.25, 0.3) is 0 Å². The number of rotatable bonds is 2. The smallest absolute Gasteiger partial charge is 0.381 e. The van der Waals surface area contributed by atoms with Crippen molar-refractivity contribution in [1.29, 1.82) is 0 Å². The van der Waals surface area contributed by atoms with Crippen LogP contribution in [0.15, 0.2) is 30.3 Å². The Bertz CT molecular complexity index is 829. The number of ether oxygens (including phenoxy) is 1. The van der Waals surface area contributed by atoms with Crippen LogP contribution in [0.1, 0.15) is 30.1 Å². The van der Waals surface area contributed by atoms with E-state index in [-0.39, 0.29) is 31.4 Å². The van der Waals surface area contributed by atoms with Crippen LogP contribution in [-0.4, -0.2) is 45.3 Å². The van der Waals surface area contributed by atoms with Crippen LogP contribution in [0.25, 0.3) is 0 Å². The standard InChI is InChI=1S/C18H19F3N4O2/c19-18(20,21)15-23-22-14-12-24(8-9-25(14)15)16(26)17(6-10-27-11-7-17)13-4-2-1-3-5-13/h1-5H,6-12H2. The van der Waals surface area contributed by atoms with Crippen LogP contribution in [-0.2, 0) is 34.2 Å². The van der Waals surface area contributed by atoms with Crippen LogP contribution in [0, 0.1) is 0 Å². The number of carbonyl (C=O) groups is 1. The molecule has 1 saturated heterocycles. The summed E-state index contributed by atoms with van der Waals surface area (Å²) in [6, 6.07) is 9.53. The van der Waals surface area contributed by atoms with Gasteiger partial charge in [-0.1, -0.05) is 30.3 Å². The fourth-order valence-electron chi connectivity index (χ4n) is 3.95. The SMILES string of the molecule is O=C(N1CCn2c(nnc2C(F)(F)F)C1)C1(c2ccccc2)CCOCC1. The van der Waals surface area contributed by atoms with E-state index in [0.717, 1.165) is 10.1 Å². The van der Waals surface area contributed by atoms with Crippen LogP contribution in [0.3, 0.4) is 0 Å². The van der Waals surface area contributed by atoms with Gasteiger partial charge in [0.1, 0.15) is 0 Å². The minimum Gasteiger partial charge on any atom is -0.381 e. The molecule has 4 rings (SSSR count). The summed E-state index contributed by atoms with van der Waals surface area (Å²) >= 11 is 0. The maximum absolute atomic E-state index is 13.5. The topological polar surface area (TPSA) is 60.2 Å². The van der Waals surface area contributed by atoms with Crippen LogP contribution < -0.4 is 0 Å². The molecular formula is C18H19F3N4O2. The van der Waals surface area contributed by atoms with E-state index < -0.39 is 17.4 Å². The number of alkyl halides is 3. The van der Waals surface area contributed by atoms with E-state index in [1.54, 1.807) is 4.90 Å². The third kappa shape index (κ3) is 3.09. The van der Waals surface area contributed by atoms with E-state index in [0.29, 0.717) is 26.1 Å². The first-order valence-electron chi connectivity index (χ1n) is 8.84. The molecule has 0 radical (unpaired) electrons. The Morgan fingerprint density at radius 1 is 1.07 bits per heavy atom. The number of hydrogen-bond acceptors (Lipinski definition) is 4. The summed E-state index contributed by atoms with van der Waals surface area (Å²) < 4.78 is 45.6. The second kappa shape index (κ2) is 6.63. The molecule has 1 aromatic carbocycles. The molecule has 2 aliphatic heterocycles. The van der Waals surface area contributed by atoms with E-state index in [1.165, 1.54) is 0 Å². The molecule has 27 heavy (non-hydrogen) atoms. The highest BCUT2D eigenvalue weighted by Gasteiger charge is 2.46. The maximum Gasteiger partial charge on any atom is 0.451 e. The number of fused-ring (bicyclic) bond motifs is 1. The van der Waals surface area contributed by atoms with Crippen molar-refractivity contribution < 1.29 is 22.7 Å². The van der Waals surface area contributed by atoms with E-state index in [4.69, 9.17) is 4.74 Å². The average molecular weight is 380 g/mol. The van der Waals surface area contributed by atoms with Crippen molar-refractivity contribution in [3.05, 3.63) is 47.5 Å². The van der Waals surface area contributed by atoms with Crippen molar-refractivity contribution in [3.63, 3.8) is 0 Å². The van der Waals surface area contributed by atoms with E-state index in [9.17, 15) is 18.0 Å². The van der Waals surface area contributed by atoms with Gasteiger partial charge in [0.05, 0.1) is 12.0 Å². The first kappa shape index (κ1) is 18.0. The lowest BCUT2D eigenvalue weighted by Gasteiger charge is -2.41. The fourth-order valence-corrected chi connectivity index (χ4v) is 3.95. The van der Waals surface area contributed by atoms with Gasteiger partial charge in [-0.15, -0.1) is 10.2 Å². The zero-order chi connectivity index (χ0) is 19.1. The number of nitrogens with zero attached hydrogens (tertiary/aromatic N) is 4. The summed E-state index contributed by atoms with van der Waals surface area (Å²) in [5, 5.41) is 6.95. The molecule has 9 heteroatoms. The molecule has 0 unspecified atom stereocenters. The Morgan fingerprint density at radius 2 is 1.78 bits per heavy atom. The quantitative estimate of drug-likeness (QED) is 0.803. The van der Waals surface area contributed by atoms with Gasteiger partial charge in [-0.3, -0.25) is 4.79 Å². The predicted octanol–water partition coefficient (Wildman–Crippen LogP) is 2.39. The molecule has 2 aliphatic rings.